The van der Waals surface area contributed by atoms with Crippen molar-refractivity contribution in [3.05, 3.63) is 144 Å². The molecule has 2 amide bonds. The molecule has 6 nitrogen and oxygen atoms in total. The Hall–Kier alpha value is -5.57. The number of rotatable bonds is 7. The van der Waals surface area contributed by atoms with Crippen LogP contribution < -0.4 is 15.5 Å². The average Bonchev–Trinajstić information content (AvgIpc) is 3.44. The molecule has 48 heavy (non-hydrogen) atoms. The summed E-state index contributed by atoms with van der Waals surface area (Å²) < 4.78 is 46.9. The monoisotopic (exact) mass is 647 g/mol. The van der Waals surface area contributed by atoms with Crippen molar-refractivity contribution in [1.29, 1.82) is 0 Å². The molecule has 2 N–H and O–H groups in total. The van der Waals surface area contributed by atoms with E-state index in [1.807, 2.05) is 66.7 Å². The van der Waals surface area contributed by atoms with Gasteiger partial charge in [-0.1, -0.05) is 78.9 Å². The van der Waals surface area contributed by atoms with E-state index in [1.54, 1.807) is 24.3 Å². The molecule has 1 fully saturated rings. The SMILES string of the molecule is O=C(NC1(C(=O)Nc2ccc(-c3cc(F)c(F)c(F)c3)cc2)CCN(c2ccccc2)CC1)OCC1c2ccccc2-c2ccccc21. The number of nitrogens with one attached hydrogen (secondary N) is 2. The predicted molar refractivity (Wildman–Crippen MR) is 179 cm³/mol. The van der Waals surface area contributed by atoms with E-state index >= 15 is 0 Å². The first-order chi connectivity index (χ1) is 23.3. The number of para-hydroxylation sites is 1. The number of nitrogens with zero attached hydrogens (tertiary/aromatic N) is 1. The van der Waals surface area contributed by atoms with Crippen LogP contribution in [0.2, 0.25) is 0 Å². The molecule has 242 valence electrons. The smallest absolute Gasteiger partial charge is 0.408 e. The van der Waals surface area contributed by atoms with E-state index in [0.717, 1.165) is 40.1 Å². The van der Waals surface area contributed by atoms with Crippen molar-refractivity contribution in [2.75, 3.05) is 29.9 Å². The molecule has 0 spiro atoms. The molecular formula is C39H32F3N3O3. The van der Waals surface area contributed by atoms with Gasteiger partial charge in [-0.05, 0) is 82.6 Å². The Morgan fingerprint density at radius 1 is 0.729 bits per heavy atom. The highest BCUT2D eigenvalue weighted by Crippen LogP contribution is 2.44. The number of amides is 2. The number of hydrogen-bond acceptors (Lipinski definition) is 4. The van der Waals surface area contributed by atoms with Gasteiger partial charge >= 0.3 is 6.09 Å². The fourth-order valence-electron chi connectivity index (χ4n) is 6.74. The van der Waals surface area contributed by atoms with Gasteiger partial charge in [-0.2, -0.15) is 0 Å². The zero-order valence-corrected chi connectivity index (χ0v) is 25.9. The molecule has 1 saturated heterocycles. The van der Waals surface area contributed by atoms with Crippen molar-refractivity contribution in [3.63, 3.8) is 0 Å². The molecule has 7 rings (SSSR count). The van der Waals surface area contributed by atoms with Crippen LogP contribution >= 0.6 is 0 Å². The summed E-state index contributed by atoms with van der Waals surface area (Å²) in [6.07, 6.45) is -0.0373. The zero-order valence-electron chi connectivity index (χ0n) is 25.9. The topological polar surface area (TPSA) is 70.7 Å². The minimum atomic E-state index is -1.53. The van der Waals surface area contributed by atoms with Crippen LogP contribution in [0.4, 0.5) is 29.3 Å². The number of alkyl carbamates (subject to hydrolysis) is 1. The Kier molecular flexibility index (Phi) is 8.35. The fourth-order valence-corrected chi connectivity index (χ4v) is 6.74. The molecule has 0 unspecified atom stereocenters. The van der Waals surface area contributed by atoms with Crippen molar-refractivity contribution in [2.24, 2.45) is 0 Å². The molecular weight excluding hydrogens is 615 g/mol. The van der Waals surface area contributed by atoms with E-state index in [0.29, 0.717) is 37.2 Å². The van der Waals surface area contributed by atoms with E-state index in [9.17, 15) is 22.8 Å². The summed E-state index contributed by atoms with van der Waals surface area (Å²) in [4.78, 5) is 29.6. The summed E-state index contributed by atoms with van der Waals surface area (Å²) in [6, 6.07) is 34.2. The third-order valence-electron chi connectivity index (χ3n) is 9.32. The normalized spacial score (nSPS) is 14.9. The Morgan fingerprint density at radius 3 is 1.90 bits per heavy atom. The summed E-state index contributed by atoms with van der Waals surface area (Å²) in [7, 11) is 0. The summed E-state index contributed by atoms with van der Waals surface area (Å²) >= 11 is 0. The van der Waals surface area contributed by atoms with Crippen LogP contribution in [0.5, 0.6) is 0 Å². The molecule has 2 aliphatic rings. The number of carbonyl (C=O) groups excluding carboxylic acids is 2. The second kappa shape index (κ2) is 12.9. The maximum atomic E-state index is 14.0. The average molecular weight is 648 g/mol. The van der Waals surface area contributed by atoms with Gasteiger partial charge in [-0.15, -0.1) is 0 Å². The quantitative estimate of drug-likeness (QED) is 0.175. The first-order valence-corrected chi connectivity index (χ1v) is 15.8. The van der Waals surface area contributed by atoms with Crippen LogP contribution in [0.1, 0.15) is 29.9 Å². The van der Waals surface area contributed by atoms with E-state index in [1.165, 1.54) is 0 Å². The second-order valence-corrected chi connectivity index (χ2v) is 12.1. The first-order valence-electron chi connectivity index (χ1n) is 15.8. The lowest BCUT2D eigenvalue weighted by Crippen LogP contribution is -2.62. The van der Waals surface area contributed by atoms with Gasteiger partial charge in [0.25, 0.3) is 0 Å². The standard InChI is InChI=1S/C39H32F3N3O3/c40-34-22-26(23-35(41)36(34)42)25-14-16-27(17-15-25)43-37(46)39(18-20-45(21-19-39)28-8-2-1-3-9-28)44-38(47)48-24-33-31-12-6-4-10-29(31)30-11-5-7-13-32(30)33/h1-17,22-23,33H,18-21,24H2,(H,43,46)(H,44,47). The number of fused-ring (bicyclic) bond motifs is 3. The van der Waals surface area contributed by atoms with Crippen LogP contribution in [0.25, 0.3) is 22.3 Å². The second-order valence-electron chi connectivity index (χ2n) is 12.1. The lowest BCUT2D eigenvalue weighted by molar-refractivity contribution is -0.123. The predicted octanol–water partition coefficient (Wildman–Crippen LogP) is 8.29. The van der Waals surface area contributed by atoms with E-state index in [-0.39, 0.29) is 18.1 Å². The lowest BCUT2D eigenvalue weighted by atomic mass is 9.86. The highest BCUT2D eigenvalue weighted by Gasteiger charge is 2.44. The number of hydrogen-bond donors (Lipinski definition) is 2. The minimum absolute atomic E-state index is 0.111. The molecule has 0 saturated carbocycles. The largest absolute Gasteiger partial charge is 0.449 e. The van der Waals surface area contributed by atoms with E-state index < -0.39 is 35.0 Å². The molecule has 1 aliphatic carbocycles. The molecule has 1 heterocycles. The molecule has 0 bridgehead atoms. The molecule has 5 aromatic carbocycles. The third kappa shape index (κ3) is 5.99. The molecule has 0 aromatic heterocycles. The van der Waals surface area contributed by atoms with Crippen molar-refractivity contribution in [2.45, 2.75) is 24.3 Å². The van der Waals surface area contributed by atoms with Crippen molar-refractivity contribution in [3.8, 4) is 22.3 Å². The van der Waals surface area contributed by atoms with Gasteiger partial charge in [-0.25, -0.2) is 18.0 Å². The summed E-state index contributed by atoms with van der Waals surface area (Å²) in [5.41, 5.74) is 5.19. The van der Waals surface area contributed by atoms with E-state index in [2.05, 4.69) is 27.7 Å². The number of halogens is 3. The minimum Gasteiger partial charge on any atom is -0.449 e. The van der Waals surface area contributed by atoms with Gasteiger partial charge in [0.05, 0.1) is 0 Å². The molecule has 5 aromatic rings. The summed E-state index contributed by atoms with van der Waals surface area (Å²) in [6.45, 7) is 1.14. The molecule has 1 aliphatic heterocycles. The molecule has 0 radical (unpaired) electrons. The first kappa shape index (κ1) is 31.1. The maximum Gasteiger partial charge on any atom is 0.408 e. The van der Waals surface area contributed by atoms with Crippen LogP contribution in [-0.4, -0.2) is 37.2 Å². The number of benzene rings is 5. The van der Waals surface area contributed by atoms with Crippen LogP contribution in [0.15, 0.2) is 115 Å². The highest BCUT2D eigenvalue weighted by atomic mass is 19.2. The molecule has 9 heteroatoms. The maximum absolute atomic E-state index is 14.0. The Bertz CT molecular complexity index is 1910. The van der Waals surface area contributed by atoms with Crippen molar-refractivity contribution >= 4 is 23.4 Å². The van der Waals surface area contributed by atoms with Gasteiger partial charge in [-0.3, -0.25) is 4.79 Å². The van der Waals surface area contributed by atoms with Crippen molar-refractivity contribution < 1.29 is 27.5 Å². The van der Waals surface area contributed by atoms with Gasteiger partial charge in [0.15, 0.2) is 17.5 Å². The highest BCUT2D eigenvalue weighted by molar-refractivity contribution is 6.00. The van der Waals surface area contributed by atoms with Gasteiger partial charge in [0.1, 0.15) is 12.1 Å². The van der Waals surface area contributed by atoms with E-state index in [4.69, 9.17) is 4.74 Å². The number of piperidine rings is 1. The zero-order chi connectivity index (χ0) is 33.3. The lowest BCUT2D eigenvalue weighted by Gasteiger charge is -2.41. The Morgan fingerprint density at radius 2 is 1.29 bits per heavy atom. The number of ether oxygens (including phenoxy) is 1. The Labute approximate surface area is 276 Å². The third-order valence-corrected chi connectivity index (χ3v) is 9.32. The number of carbonyl (C=O) groups is 2. The van der Waals surface area contributed by atoms with Crippen molar-refractivity contribution in [1.82, 2.24) is 5.32 Å². The summed E-state index contributed by atoms with van der Waals surface area (Å²) in [5, 5.41) is 5.84. The van der Waals surface area contributed by atoms with Gasteiger partial charge < -0.3 is 20.3 Å². The van der Waals surface area contributed by atoms with Gasteiger partial charge in [0, 0.05) is 30.4 Å². The van der Waals surface area contributed by atoms with Gasteiger partial charge in [0.2, 0.25) is 5.91 Å². The summed E-state index contributed by atoms with van der Waals surface area (Å²) in [5.74, 6) is -4.64. The Balaban J connectivity index is 1.08. The van der Waals surface area contributed by atoms with Crippen LogP contribution in [0, 0.1) is 17.5 Å². The van der Waals surface area contributed by atoms with Crippen LogP contribution in [0.3, 0.4) is 0 Å². The number of anilines is 2. The van der Waals surface area contributed by atoms with Crippen LogP contribution in [-0.2, 0) is 9.53 Å². The molecule has 0 atom stereocenters. The fraction of sp³-hybridized carbons (Fsp3) is 0.179.